The highest BCUT2D eigenvalue weighted by molar-refractivity contribution is 5.77. The Balaban J connectivity index is 2.62. The molecule has 0 aliphatic rings. The first-order valence-electron chi connectivity index (χ1n) is 6.87. The number of hydrogen-bond acceptors (Lipinski definition) is 3. The number of halogens is 1. The summed E-state index contributed by atoms with van der Waals surface area (Å²) in [4.78, 5) is 12.2. The number of anilines is 1. The summed E-state index contributed by atoms with van der Waals surface area (Å²) in [5, 5.41) is 4.37. The number of benzene rings is 1. The van der Waals surface area contributed by atoms with Crippen LogP contribution in [0.1, 0.15) is 25.3 Å². The van der Waals surface area contributed by atoms with E-state index in [2.05, 4.69) is 11.7 Å². The second kappa shape index (κ2) is 6.35. The van der Waals surface area contributed by atoms with Gasteiger partial charge in [0.05, 0.1) is 0 Å². The molecule has 4 nitrogen and oxygen atoms in total. The van der Waals surface area contributed by atoms with Crippen LogP contribution < -0.4 is 11.3 Å². The van der Waals surface area contributed by atoms with Crippen molar-refractivity contribution in [2.24, 2.45) is 0 Å². The minimum Gasteiger partial charge on any atom is -0.394 e. The molecule has 2 rings (SSSR count). The number of unbranched alkanes of at least 4 members (excludes halogenated alkanes) is 1. The Morgan fingerprint density at radius 2 is 2.05 bits per heavy atom. The van der Waals surface area contributed by atoms with Gasteiger partial charge in [-0.05, 0) is 30.7 Å². The van der Waals surface area contributed by atoms with Crippen molar-refractivity contribution in [2.45, 2.75) is 26.3 Å². The fourth-order valence-corrected chi connectivity index (χ4v) is 2.09. The van der Waals surface area contributed by atoms with Gasteiger partial charge in [-0.25, -0.2) is 9.07 Å². The van der Waals surface area contributed by atoms with Crippen LogP contribution in [0.5, 0.6) is 0 Å². The van der Waals surface area contributed by atoms with Crippen LogP contribution in [0.3, 0.4) is 0 Å². The molecule has 0 aliphatic carbocycles. The van der Waals surface area contributed by atoms with Gasteiger partial charge in [0.25, 0.3) is 5.56 Å². The summed E-state index contributed by atoms with van der Waals surface area (Å²) < 4.78 is 14.4. The number of hydrogen-bond donors (Lipinski definition) is 1. The molecule has 2 N–H and O–H groups in total. The Labute approximate surface area is 122 Å². The Kier molecular flexibility index (Phi) is 4.52. The molecule has 1 aromatic carbocycles. The zero-order valence-electron chi connectivity index (χ0n) is 12.0. The van der Waals surface area contributed by atoms with Gasteiger partial charge in [-0.1, -0.05) is 26.0 Å². The van der Waals surface area contributed by atoms with Crippen molar-refractivity contribution >= 4 is 11.8 Å². The van der Waals surface area contributed by atoms with Crippen LogP contribution in [-0.2, 0) is 6.54 Å². The second-order valence-corrected chi connectivity index (χ2v) is 4.77. The van der Waals surface area contributed by atoms with Crippen molar-refractivity contribution in [1.29, 1.82) is 0 Å². The van der Waals surface area contributed by atoms with E-state index in [1.54, 1.807) is 12.1 Å². The van der Waals surface area contributed by atoms with Crippen LogP contribution in [-0.4, -0.2) is 9.78 Å². The molecular formula is C16H18FN3O. The van der Waals surface area contributed by atoms with Crippen molar-refractivity contribution in [1.82, 2.24) is 9.78 Å². The summed E-state index contributed by atoms with van der Waals surface area (Å²) in [6.45, 7) is 6.23. The van der Waals surface area contributed by atoms with Crippen LogP contribution in [0, 0.1) is 5.82 Å². The molecule has 0 fully saturated rings. The number of aromatic nitrogens is 2. The molecule has 5 heteroatoms. The van der Waals surface area contributed by atoms with Crippen molar-refractivity contribution < 1.29 is 4.39 Å². The highest BCUT2D eigenvalue weighted by Gasteiger charge is 2.14. The Morgan fingerprint density at radius 1 is 1.38 bits per heavy atom. The highest BCUT2D eigenvalue weighted by Crippen LogP contribution is 2.24. The van der Waals surface area contributed by atoms with E-state index in [4.69, 9.17) is 5.73 Å². The lowest BCUT2D eigenvalue weighted by atomic mass is 10.1. The number of rotatable bonds is 5. The topological polar surface area (TPSA) is 60.9 Å². The molecule has 0 bridgehead atoms. The van der Waals surface area contributed by atoms with E-state index < -0.39 is 0 Å². The first-order chi connectivity index (χ1) is 10.1. The molecule has 2 aromatic rings. The smallest absolute Gasteiger partial charge is 0.290 e. The molecule has 1 aromatic heterocycles. The summed E-state index contributed by atoms with van der Waals surface area (Å²) >= 11 is 0. The van der Waals surface area contributed by atoms with E-state index in [1.165, 1.54) is 22.9 Å². The van der Waals surface area contributed by atoms with E-state index in [0.717, 1.165) is 12.8 Å². The lowest BCUT2D eigenvalue weighted by Gasteiger charge is -2.12. The summed E-state index contributed by atoms with van der Waals surface area (Å²) in [7, 11) is 0. The van der Waals surface area contributed by atoms with Gasteiger partial charge >= 0.3 is 0 Å². The lowest BCUT2D eigenvalue weighted by molar-refractivity contribution is 0.546. The summed E-state index contributed by atoms with van der Waals surface area (Å²) in [6.07, 6.45) is 3.29. The third kappa shape index (κ3) is 3.02. The fraction of sp³-hybridized carbons (Fsp3) is 0.250. The summed E-state index contributed by atoms with van der Waals surface area (Å²) in [5.41, 5.74) is 7.44. The van der Waals surface area contributed by atoms with Crippen molar-refractivity contribution in [2.75, 3.05) is 5.73 Å². The van der Waals surface area contributed by atoms with E-state index >= 15 is 0 Å². The molecule has 0 amide bonds. The number of nitrogens with zero attached hydrogens (tertiary/aromatic N) is 2. The highest BCUT2D eigenvalue weighted by atomic mass is 19.1. The molecule has 0 atom stereocenters. The third-order valence-electron chi connectivity index (χ3n) is 3.28. The zero-order valence-corrected chi connectivity index (χ0v) is 12.0. The van der Waals surface area contributed by atoms with Crippen molar-refractivity contribution in [3.8, 4) is 11.3 Å². The molecule has 1 heterocycles. The van der Waals surface area contributed by atoms with E-state index in [9.17, 15) is 9.18 Å². The first-order valence-corrected chi connectivity index (χ1v) is 6.87. The van der Waals surface area contributed by atoms with Gasteiger partial charge in [-0.3, -0.25) is 4.79 Å². The van der Waals surface area contributed by atoms with Gasteiger partial charge in [0.1, 0.15) is 17.2 Å². The van der Waals surface area contributed by atoms with Crippen LogP contribution in [0.4, 0.5) is 10.1 Å². The molecule has 110 valence electrons. The number of nitrogen functional groups attached to an aromatic ring is 1. The normalized spacial score (nSPS) is 10.6. The Hall–Kier alpha value is -2.43. The molecule has 0 unspecified atom stereocenters. The first kappa shape index (κ1) is 15.0. The standard InChI is InChI=1S/C16H18FN3O/c1-3-5-10-20-16(21)14(18)13(4-2)15(19-20)11-6-8-12(17)9-7-11/h4,6-9H,2-3,5,10,18H2,1H3. The Bertz CT molecular complexity index is 705. The van der Waals surface area contributed by atoms with E-state index in [0.29, 0.717) is 23.4 Å². The van der Waals surface area contributed by atoms with Gasteiger partial charge in [0.2, 0.25) is 0 Å². The number of nitrogens with two attached hydrogens (primary N) is 1. The van der Waals surface area contributed by atoms with E-state index in [1.807, 2.05) is 6.92 Å². The maximum absolute atomic E-state index is 13.1. The van der Waals surface area contributed by atoms with Crippen LogP contribution in [0.15, 0.2) is 35.6 Å². The van der Waals surface area contributed by atoms with Crippen molar-refractivity contribution in [3.05, 3.63) is 52.6 Å². The van der Waals surface area contributed by atoms with Crippen LogP contribution in [0.2, 0.25) is 0 Å². The molecule has 0 saturated carbocycles. The average Bonchev–Trinajstić information content (AvgIpc) is 2.49. The molecular weight excluding hydrogens is 269 g/mol. The summed E-state index contributed by atoms with van der Waals surface area (Å²) in [5.74, 6) is -0.328. The maximum Gasteiger partial charge on any atom is 0.290 e. The zero-order chi connectivity index (χ0) is 15.4. The second-order valence-electron chi connectivity index (χ2n) is 4.77. The average molecular weight is 287 g/mol. The quantitative estimate of drug-likeness (QED) is 0.919. The van der Waals surface area contributed by atoms with Crippen LogP contribution >= 0.6 is 0 Å². The van der Waals surface area contributed by atoms with Gasteiger partial charge in [0, 0.05) is 17.7 Å². The van der Waals surface area contributed by atoms with Gasteiger partial charge < -0.3 is 5.73 Å². The molecule has 0 radical (unpaired) electrons. The predicted octanol–water partition coefficient (Wildman–Crippen LogP) is 3.07. The van der Waals surface area contributed by atoms with Crippen LogP contribution in [0.25, 0.3) is 17.3 Å². The molecule has 0 aliphatic heterocycles. The van der Waals surface area contributed by atoms with E-state index in [-0.39, 0.29) is 17.1 Å². The largest absolute Gasteiger partial charge is 0.394 e. The number of aryl methyl sites for hydroxylation is 1. The molecule has 0 spiro atoms. The SMILES string of the molecule is C=Cc1c(-c2ccc(F)cc2)nn(CCCC)c(=O)c1N. The molecule has 21 heavy (non-hydrogen) atoms. The summed E-state index contributed by atoms with van der Waals surface area (Å²) in [6, 6.07) is 5.92. The van der Waals surface area contributed by atoms with Gasteiger partial charge in [-0.2, -0.15) is 5.10 Å². The maximum atomic E-state index is 13.1. The third-order valence-corrected chi connectivity index (χ3v) is 3.28. The Morgan fingerprint density at radius 3 is 2.62 bits per heavy atom. The predicted molar refractivity (Wildman–Crippen MR) is 83.3 cm³/mol. The van der Waals surface area contributed by atoms with Gasteiger partial charge in [0.15, 0.2) is 0 Å². The lowest BCUT2D eigenvalue weighted by Crippen LogP contribution is -2.27. The molecule has 0 saturated heterocycles. The monoisotopic (exact) mass is 287 g/mol. The minimum atomic E-state index is -0.328. The van der Waals surface area contributed by atoms with Gasteiger partial charge in [-0.15, -0.1) is 0 Å². The minimum absolute atomic E-state index is 0.121. The fourth-order valence-electron chi connectivity index (χ4n) is 2.09. The van der Waals surface area contributed by atoms with Crippen molar-refractivity contribution in [3.63, 3.8) is 0 Å².